The Morgan fingerprint density at radius 2 is 1.88 bits per heavy atom. The van der Waals surface area contributed by atoms with Crippen molar-refractivity contribution in [2.75, 3.05) is 5.32 Å². The van der Waals surface area contributed by atoms with Crippen LogP contribution in [0.3, 0.4) is 0 Å². The molecule has 1 aromatic carbocycles. The molecule has 0 bridgehead atoms. The highest BCUT2D eigenvalue weighted by Crippen LogP contribution is 2.40. The van der Waals surface area contributed by atoms with Gasteiger partial charge in [-0.15, -0.1) is 0 Å². The third-order valence-corrected chi connectivity index (χ3v) is 5.86. The number of anilines is 1. The van der Waals surface area contributed by atoms with E-state index >= 15 is 0 Å². The van der Waals surface area contributed by atoms with Crippen molar-refractivity contribution in [3.8, 4) is 6.07 Å². The lowest BCUT2D eigenvalue weighted by molar-refractivity contribution is -0.137. The minimum absolute atomic E-state index is 0.0321. The molecule has 180 valence electrons. The molecule has 0 saturated carbocycles. The molecule has 1 aliphatic carbocycles. The molecular weight excluding hydrogens is 437 g/mol. The topological polar surface area (TPSA) is 52.9 Å². The van der Waals surface area contributed by atoms with Crippen molar-refractivity contribution in [3.05, 3.63) is 88.1 Å². The minimum Gasteiger partial charge on any atom is -0.321 e. The molecule has 1 aliphatic rings. The second-order valence-electron chi connectivity index (χ2n) is 9.28. The van der Waals surface area contributed by atoms with E-state index in [1.807, 2.05) is 19.1 Å². The highest BCUT2D eigenvalue weighted by atomic mass is 19.4. The summed E-state index contributed by atoms with van der Waals surface area (Å²) in [7, 11) is 0. The van der Waals surface area contributed by atoms with Gasteiger partial charge in [0.2, 0.25) is 5.91 Å². The van der Waals surface area contributed by atoms with Gasteiger partial charge in [-0.1, -0.05) is 55.4 Å². The van der Waals surface area contributed by atoms with E-state index in [-0.39, 0.29) is 16.7 Å². The normalized spacial score (nSPS) is 17.4. The summed E-state index contributed by atoms with van der Waals surface area (Å²) in [5.74, 6) is -0.527. The fourth-order valence-electron chi connectivity index (χ4n) is 3.98. The molecule has 1 amide bonds. The van der Waals surface area contributed by atoms with Crippen LogP contribution in [-0.2, 0) is 11.0 Å². The Hall–Kier alpha value is -3.33. The molecule has 34 heavy (non-hydrogen) atoms. The number of nitriles is 1. The monoisotopic (exact) mass is 468 g/mol. The Bertz CT molecular complexity index is 1120. The zero-order valence-corrected chi connectivity index (χ0v) is 20.3. The number of nitrogens with zero attached hydrogens (tertiary/aromatic N) is 1. The first-order valence-electron chi connectivity index (χ1n) is 11.2. The van der Waals surface area contributed by atoms with E-state index in [1.165, 1.54) is 30.1 Å². The van der Waals surface area contributed by atoms with Crippen molar-refractivity contribution in [2.24, 2.45) is 5.41 Å². The van der Waals surface area contributed by atoms with Gasteiger partial charge in [-0.2, -0.15) is 18.4 Å². The maximum atomic E-state index is 12.8. The van der Waals surface area contributed by atoms with Crippen LogP contribution < -0.4 is 5.32 Å². The summed E-state index contributed by atoms with van der Waals surface area (Å²) in [6.07, 6.45) is 10.2. The minimum atomic E-state index is -4.56. The highest BCUT2D eigenvalue weighted by Gasteiger charge is 2.31. The van der Waals surface area contributed by atoms with Gasteiger partial charge in [0, 0.05) is 6.08 Å². The van der Waals surface area contributed by atoms with Gasteiger partial charge in [0.15, 0.2) is 0 Å². The Morgan fingerprint density at radius 1 is 1.18 bits per heavy atom. The predicted molar refractivity (Wildman–Crippen MR) is 131 cm³/mol. The molecule has 0 aliphatic heterocycles. The van der Waals surface area contributed by atoms with Crippen molar-refractivity contribution < 1.29 is 18.0 Å². The van der Waals surface area contributed by atoms with Gasteiger partial charge in [0.1, 0.15) is 6.07 Å². The van der Waals surface area contributed by atoms with E-state index in [1.54, 1.807) is 19.1 Å². The lowest BCUT2D eigenvalue weighted by Crippen LogP contribution is -2.19. The number of rotatable bonds is 6. The van der Waals surface area contributed by atoms with Gasteiger partial charge in [0.05, 0.1) is 16.8 Å². The van der Waals surface area contributed by atoms with E-state index < -0.39 is 17.6 Å². The molecule has 6 heteroatoms. The maximum Gasteiger partial charge on any atom is 0.416 e. The first kappa shape index (κ1) is 26.9. The zero-order valence-electron chi connectivity index (χ0n) is 20.3. The lowest BCUT2D eigenvalue weighted by Gasteiger charge is -2.32. The number of alkyl halides is 3. The molecule has 0 atom stereocenters. The van der Waals surface area contributed by atoms with Crippen LogP contribution in [0.4, 0.5) is 18.9 Å². The third kappa shape index (κ3) is 7.62. The van der Waals surface area contributed by atoms with Crippen molar-refractivity contribution in [3.63, 3.8) is 0 Å². The summed E-state index contributed by atoms with van der Waals surface area (Å²) >= 11 is 0. The van der Waals surface area contributed by atoms with Gasteiger partial charge < -0.3 is 5.32 Å². The summed E-state index contributed by atoms with van der Waals surface area (Å²) in [5, 5.41) is 11.6. The first-order valence-corrected chi connectivity index (χ1v) is 11.2. The van der Waals surface area contributed by atoms with Crippen LogP contribution in [-0.4, -0.2) is 5.91 Å². The number of hydrogen-bond acceptors (Lipinski definition) is 2. The molecule has 0 heterocycles. The summed E-state index contributed by atoms with van der Waals surface area (Å²) < 4.78 is 38.4. The standard InChI is InChI=1S/C28H31F3N2O/c1-19(11-13-24-21(3)10-7-15-27(24,4)5)8-6-9-20(2)16-26(34)33-25-14-12-23(28(29,30)31)17-22(25)18-32/h6,8-9,11-14,16-17H,7,10,15H2,1-5H3,(H,33,34). The van der Waals surface area contributed by atoms with Crippen molar-refractivity contribution in [2.45, 2.75) is 60.1 Å². The molecule has 1 aromatic rings. The molecule has 0 aromatic heterocycles. The highest BCUT2D eigenvalue weighted by molar-refractivity contribution is 6.00. The number of nitrogens with one attached hydrogen (secondary N) is 1. The van der Waals surface area contributed by atoms with Gasteiger partial charge in [-0.3, -0.25) is 4.79 Å². The summed E-state index contributed by atoms with van der Waals surface area (Å²) in [5.41, 5.74) is 3.58. The van der Waals surface area contributed by atoms with E-state index in [4.69, 9.17) is 5.26 Å². The SMILES string of the molecule is CC(C=CC1=C(C)CCCC1(C)C)=CC=CC(C)=CC(=O)Nc1ccc(C(F)(F)F)cc1C#N. The van der Waals surface area contributed by atoms with Crippen molar-refractivity contribution >= 4 is 11.6 Å². The van der Waals surface area contributed by atoms with E-state index in [0.29, 0.717) is 5.57 Å². The largest absolute Gasteiger partial charge is 0.416 e. The second kappa shape index (κ2) is 11.2. The average Bonchev–Trinajstić information content (AvgIpc) is 2.72. The van der Waals surface area contributed by atoms with Crippen molar-refractivity contribution in [1.29, 1.82) is 5.26 Å². The van der Waals surface area contributed by atoms with Gasteiger partial charge >= 0.3 is 6.18 Å². The molecule has 2 rings (SSSR count). The van der Waals surface area contributed by atoms with E-state index in [9.17, 15) is 18.0 Å². The zero-order chi connectivity index (χ0) is 25.5. The van der Waals surface area contributed by atoms with Gasteiger partial charge in [0.25, 0.3) is 0 Å². The number of amides is 1. The fourth-order valence-corrected chi connectivity index (χ4v) is 3.98. The van der Waals surface area contributed by atoms with Crippen LogP contribution in [0.1, 0.15) is 65.0 Å². The molecule has 1 N–H and O–H groups in total. The van der Waals surface area contributed by atoms with Gasteiger partial charge in [-0.05, 0) is 74.8 Å². The molecule has 0 spiro atoms. The van der Waals surface area contributed by atoms with Crippen LogP contribution in [0.25, 0.3) is 0 Å². The summed E-state index contributed by atoms with van der Waals surface area (Å²) in [4.78, 5) is 12.3. The number of carbonyl (C=O) groups is 1. The van der Waals surface area contributed by atoms with Crippen LogP contribution in [0.15, 0.2) is 76.9 Å². The first-order chi connectivity index (χ1) is 15.8. The van der Waals surface area contributed by atoms with Crippen LogP contribution in [0.5, 0.6) is 0 Å². The van der Waals surface area contributed by atoms with Crippen LogP contribution in [0, 0.1) is 16.7 Å². The molecular formula is C28H31F3N2O. The number of allylic oxidation sites excluding steroid dienone is 9. The average molecular weight is 469 g/mol. The maximum absolute atomic E-state index is 12.8. The lowest BCUT2D eigenvalue weighted by atomic mass is 9.72. The quantitative estimate of drug-likeness (QED) is 0.339. The predicted octanol–water partition coefficient (Wildman–Crippen LogP) is 8.05. The number of halogens is 3. The second-order valence-corrected chi connectivity index (χ2v) is 9.28. The van der Waals surface area contributed by atoms with Crippen LogP contribution in [0.2, 0.25) is 0 Å². The Kier molecular flexibility index (Phi) is 8.86. The smallest absolute Gasteiger partial charge is 0.321 e. The third-order valence-electron chi connectivity index (χ3n) is 5.86. The van der Waals surface area contributed by atoms with Gasteiger partial charge in [-0.25, -0.2) is 0 Å². The summed E-state index contributed by atoms with van der Waals surface area (Å²) in [6.45, 7) is 10.5. The molecule has 0 saturated heterocycles. The number of carbonyl (C=O) groups excluding carboxylic acids is 1. The Balaban J connectivity index is 2.04. The molecule has 0 unspecified atom stereocenters. The van der Waals surface area contributed by atoms with E-state index in [2.05, 4.69) is 38.2 Å². The Labute approximate surface area is 200 Å². The Morgan fingerprint density at radius 3 is 2.50 bits per heavy atom. The fraction of sp³-hybridized carbons (Fsp3) is 0.357. The molecule has 0 fully saturated rings. The van der Waals surface area contributed by atoms with Crippen LogP contribution >= 0.6 is 0 Å². The number of hydrogen-bond donors (Lipinski definition) is 1. The molecule has 0 radical (unpaired) electrons. The number of benzene rings is 1. The van der Waals surface area contributed by atoms with Crippen molar-refractivity contribution in [1.82, 2.24) is 0 Å². The molecule has 3 nitrogen and oxygen atoms in total. The summed E-state index contributed by atoms with van der Waals surface area (Å²) in [6, 6.07) is 4.33. The van der Waals surface area contributed by atoms with E-state index in [0.717, 1.165) is 30.2 Å².